The van der Waals surface area contributed by atoms with Gasteiger partial charge in [-0.3, -0.25) is 14.5 Å². The summed E-state index contributed by atoms with van der Waals surface area (Å²) in [6.45, 7) is 1.61. The van der Waals surface area contributed by atoms with Crippen molar-refractivity contribution in [3.05, 3.63) is 155 Å². The van der Waals surface area contributed by atoms with Gasteiger partial charge in [0.05, 0.1) is 22.5 Å². The number of carboxylic acid groups (broad SMARTS) is 1. The van der Waals surface area contributed by atoms with E-state index < -0.39 is 18.4 Å². The van der Waals surface area contributed by atoms with E-state index in [0.29, 0.717) is 4.91 Å². The van der Waals surface area contributed by atoms with Crippen LogP contribution in [-0.2, 0) is 9.59 Å². The molecule has 0 spiro atoms. The van der Waals surface area contributed by atoms with E-state index in [-0.39, 0.29) is 4.32 Å². The molecule has 1 saturated heterocycles. The summed E-state index contributed by atoms with van der Waals surface area (Å²) in [6, 6.07) is 44.5. The molecule has 232 valence electrons. The van der Waals surface area contributed by atoms with Crippen LogP contribution in [0.5, 0.6) is 0 Å². The Hall–Kier alpha value is -5.51. The number of aryl methyl sites for hydroxylation is 1. The summed E-state index contributed by atoms with van der Waals surface area (Å²) in [5, 5.41) is 15.9. The second kappa shape index (κ2) is 14.3. The number of hydrogen-bond acceptors (Lipinski definition) is 7. The van der Waals surface area contributed by atoms with Crippen molar-refractivity contribution in [2.24, 2.45) is 5.10 Å². The van der Waals surface area contributed by atoms with Crippen LogP contribution in [0.3, 0.4) is 0 Å². The molecule has 0 aromatic heterocycles. The van der Waals surface area contributed by atoms with Gasteiger partial charge in [-0.25, -0.2) is 5.01 Å². The highest BCUT2D eigenvalue weighted by molar-refractivity contribution is 8.26. The molecule has 0 saturated carbocycles. The van der Waals surface area contributed by atoms with Crippen molar-refractivity contribution in [2.75, 3.05) is 16.5 Å². The fourth-order valence-corrected chi connectivity index (χ4v) is 6.29. The van der Waals surface area contributed by atoms with Crippen LogP contribution in [0.4, 0.5) is 28.4 Å². The molecule has 6 rings (SSSR count). The van der Waals surface area contributed by atoms with Gasteiger partial charge in [0.15, 0.2) is 0 Å². The second-order valence-corrected chi connectivity index (χ2v) is 12.4. The quantitative estimate of drug-likeness (QED) is 0.0698. The van der Waals surface area contributed by atoms with Gasteiger partial charge in [-0.2, -0.15) is 5.10 Å². The first kappa shape index (κ1) is 31.5. The Labute approximate surface area is 283 Å². The average molecular weight is 655 g/mol. The number of benzene rings is 5. The molecule has 1 aliphatic heterocycles. The monoisotopic (exact) mass is 654 g/mol. The van der Waals surface area contributed by atoms with E-state index in [4.69, 9.17) is 22.4 Å². The second-order valence-electron chi connectivity index (χ2n) is 10.7. The lowest BCUT2D eigenvalue weighted by Crippen LogP contribution is -2.33. The summed E-state index contributed by atoms with van der Waals surface area (Å²) < 4.78 is 0.243. The summed E-state index contributed by atoms with van der Waals surface area (Å²) in [5.74, 6) is -1.50. The molecule has 5 aromatic carbocycles. The van der Waals surface area contributed by atoms with E-state index >= 15 is 0 Å². The molecule has 9 heteroatoms. The maximum atomic E-state index is 12.8. The van der Waals surface area contributed by atoms with Crippen LogP contribution in [0.2, 0.25) is 0 Å². The van der Waals surface area contributed by atoms with Crippen molar-refractivity contribution < 1.29 is 14.7 Å². The molecular weight excluding hydrogens is 625 g/mol. The maximum absolute atomic E-state index is 12.8. The lowest BCUT2D eigenvalue weighted by Gasteiger charge is -2.26. The Morgan fingerprint density at radius 2 is 1.23 bits per heavy atom. The van der Waals surface area contributed by atoms with E-state index in [1.807, 2.05) is 108 Å². The van der Waals surface area contributed by atoms with Crippen molar-refractivity contribution in [3.8, 4) is 0 Å². The van der Waals surface area contributed by atoms with Crippen LogP contribution in [0.15, 0.2) is 143 Å². The number of rotatable bonds is 10. The molecule has 1 heterocycles. The lowest BCUT2D eigenvalue weighted by atomic mass is 10.1. The van der Waals surface area contributed by atoms with Gasteiger partial charge in [-0.15, -0.1) is 0 Å². The number of hydrogen-bond donors (Lipinski definition) is 1. The fourth-order valence-electron chi connectivity index (χ4n) is 5.04. The Kier molecular flexibility index (Phi) is 9.56. The standard InChI is InChI=1S/C38H30N4O3S2/c1-27-12-18-30(19-13-27)41(31-20-14-28(15-21-31)24-35-37(45)40(26-36(43)44)38(46)47-35)32-22-16-29(17-23-32)25-39-42(33-8-4-2-5-9-33)34-10-6-3-7-11-34/h2-25H,26H2,1H3,(H,43,44)/b35-24+,39-25+. The summed E-state index contributed by atoms with van der Waals surface area (Å²) in [5.41, 5.74) is 7.75. The molecule has 7 nitrogen and oxygen atoms in total. The molecule has 1 aliphatic rings. The number of thiocarbonyl (C=S) groups is 1. The zero-order chi connectivity index (χ0) is 32.8. The Morgan fingerprint density at radius 3 is 1.74 bits per heavy atom. The van der Waals surface area contributed by atoms with Gasteiger partial charge in [0.1, 0.15) is 10.9 Å². The molecule has 47 heavy (non-hydrogen) atoms. The van der Waals surface area contributed by atoms with Crippen molar-refractivity contribution in [1.82, 2.24) is 4.90 Å². The van der Waals surface area contributed by atoms with Crippen molar-refractivity contribution in [1.29, 1.82) is 0 Å². The summed E-state index contributed by atoms with van der Waals surface area (Å²) in [6.07, 6.45) is 3.59. The first-order chi connectivity index (χ1) is 22.9. The molecule has 0 bridgehead atoms. The highest BCUT2D eigenvalue weighted by atomic mass is 32.2. The van der Waals surface area contributed by atoms with E-state index in [1.54, 1.807) is 6.08 Å². The lowest BCUT2D eigenvalue weighted by molar-refractivity contribution is -0.140. The van der Waals surface area contributed by atoms with Crippen molar-refractivity contribution in [2.45, 2.75) is 6.92 Å². The smallest absolute Gasteiger partial charge is 0.323 e. The molecule has 0 unspecified atom stereocenters. The predicted octanol–water partition coefficient (Wildman–Crippen LogP) is 8.92. The molecule has 0 atom stereocenters. The number of anilines is 5. The fraction of sp³-hybridized carbons (Fsp3) is 0.0526. The summed E-state index contributed by atoms with van der Waals surface area (Å²) in [4.78, 5) is 27.6. The minimum Gasteiger partial charge on any atom is -0.480 e. The predicted molar refractivity (Wildman–Crippen MR) is 196 cm³/mol. The maximum Gasteiger partial charge on any atom is 0.323 e. The molecule has 0 radical (unpaired) electrons. The average Bonchev–Trinajstić information content (AvgIpc) is 3.35. The van der Waals surface area contributed by atoms with E-state index in [0.717, 1.165) is 61.8 Å². The van der Waals surface area contributed by atoms with Crippen LogP contribution in [0, 0.1) is 6.92 Å². The van der Waals surface area contributed by atoms with Crippen LogP contribution in [0.1, 0.15) is 16.7 Å². The number of amides is 1. The number of aliphatic carboxylic acids is 1. The zero-order valence-electron chi connectivity index (χ0n) is 25.4. The third-order valence-corrected chi connectivity index (χ3v) is 8.76. The van der Waals surface area contributed by atoms with Crippen LogP contribution in [-0.4, -0.2) is 39.0 Å². The number of carbonyl (C=O) groups is 2. The third-order valence-electron chi connectivity index (χ3n) is 7.38. The van der Waals surface area contributed by atoms with Crippen LogP contribution < -0.4 is 9.91 Å². The number of carboxylic acids is 1. The van der Waals surface area contributed by atoms with Crippen LogP contribution >= 0.6 is 24.0 Å². The highest BCUT2D eigenvalue weighted by Gasteiger charge is 2.33. The minimum absolute atomic E-state index is 0.243. The van der Waals surface area contributed by atoms with Gasteiger partial charge in [0.25, 0.3) is 5.91 Å². The summed E-state index contributed by atoms with van der Waals surface area (Å²) in [7, 11) is 0. The van der Waals surface area contributed by atoms with Gasteiger partial charge in [0, 0.05) is 17.1 Å². The number of nitrogens with zero attached hydrogens (tertiary/aromatic N) is 4. The van der Waals surface area contributed by atoms with E-state index in [9.17, 15) is 9.59 Å². The molecule has 1 N–H and O–H groups in total. The highest BCUT2D eigenvalue weighted by Crippen LogP contribution is 2.36. The van der Waals surface area contributed by atoms with Gasteiger partial charge in [-0.1, -0.05) is 102 Å². The summed E-state index contributed by atoms with van der Waals surface area (Å²) >= 11 is 6.34. The van der Waals surface area contributed by atoms with Gasteiger partial charge >= 0.3 is 5.97 Å². The number of hydrazone groups is 1. The zero-order valence-corrected chi connectivity index (χ0v) is 27.1. The van der Waals surface area contributed by atoms with Gasteiger partial charge < -0.3 is 10.0 Å². The molecule has 0 aliphatic carbocycles. The van der Waals surface area contributed by atoms with Crippen molar-refractivity contribution in [3.63, 3.8) is 0 Å². The molecular formula is C38H30N4O3S2. The Morgan fingerprint density at radius 1 is 0.745 bits per heavy atom. The topological polar surface area (TPSA) is 76.4 Å². The van der Waals surface area contributed by atoms with Gasteiger partial charge in [0.2, 0.25) is 0 Å². The Balaban J connectivity index is 1.27. The molecule has 1 fully saturated rings. The minimum atomic E-state index is -1.11. The van der Waals surface area contributed by atoms with E-state index in [2.05, 4.69) is 48.2 Å². The first-order valence-electron chi connectivity index (χ1n) is 14.8. The largest absolute Gasteiger partial charge is 0.480 e. The van der Waals surface area contributed by atoms with Crippen molar-refractivity contribution >= 4 is 80.9 Å². The number of carbonyl (C=O) groups excluding carboxylic acids is 1. The SMILES string of the molecule is Cc1ccc(N(c2ccc(/C=N/N(c3ccccc3)c3ccccc3)cc2)c2ccc(/C=C3/SC(=S)N(CC(=O)O)C3=O)cc2)cc1. The van der Waals surface area contributed by atoms with E-state index in [1.165, 1.54) is 0 Å². The van der Waals surface area contributed by atoms with Gasteiger partial charge in [-0.05, 0) is 84.8 Å². The first-order valence-corrected chi connectivity index (χ1v) is 16.1. The molecule has 5 aromatic rings. The molecule has 1 amide bonds. The number of thioether (sulfide) groups is 1. The normalized spacial score (nSPS) is 13.8. The number of para-hydroxylation sites is 2. The third kappa shape index (κ3) is 7.49. The Bertz CT molecular complexity index is 1910. The van der Waals surface area contributed by atoms with Crippen LogP contribution in [0.25, 0.3) is 6.08 Å².